The predicted octanol–water partition coefficient (Wildman–Crippen LogP) is 1.80. The first-order chi connectivity index (χ1) is 10.2. The van der Waals surface area contributed by atoms with Crippen molar-refractivity contribution >= 4 is 17.7 Å². The minimum Gasteiger partial charge on any atom is -0.375 e. The van der Waals surface area contributed by atoms with E-state index in [1.807, 2.05) is 49.0 Å². The Morgan fingerprint density at radius 3 is 3.00 bits per heavy atom. The molecule has 1 aromatic rings. The van der Waals surface area contributed by atoms with Crippen LogP contribution in [0.25, 0.3) is 0 Å². The molecule has 2 rings (SSSR count). The van der Waals surface area contributed by atoms with Gasteiger partial charge in [0, 0.05) is 36.6 Å². The van der Waals surface area contributed by atoms with Crippen LogP contribution in [0.5, 0.6) is 0 Å². The molecule has 2 atom stereocenters. The molecule has 1 aliphatic heterocycles. The van der Waals surface area contributed by atoms with Gasteiger partial charge < -0.3 is 15.4 Å². The van der Waals surface area contributed by atoms with Crippen LogP contribution in [0.15, 0.2) is 30.3 Å². The van der Waals surface area contributed by atoms with E-state index in [0.717, 1.165) is 23.6 Å². The van der Waals surface area contributed by atoms with Crippen LogP contribution in [0.3, 0.4) is 0 Å². The van der Waals surface area contributed by atoms with Crippen molar-refractivity contribution in [3.05, 3.63) is 35.9 Å². The Morgan fingerprint density at radius 2 is 2.29 bits per heavy atom. The fourth-order valence-corrected chi connectivity index (χ4v) is 3.23. The van der Waals surface area contributed by atoms with Gasteiger partial charge in [-0.2, -0.15) is 11.8 Å². The third kappa shape index (κ3) is 6.50. The quantitative estimate of drug-likeness (QED) is 0.806. The lowest BCUT2D eigenvalue weighted by Crippen LogP contribution is -2.43. The summed E-state index contributed by atoms with van der Waals surface area (Å²) in [6.07, 6.45) is 0.552. The van der Waals surface area contributed by atoms with Crippen LogP contribution in [0, 0.1) is 0 Å². The SMILES string of the molecule is CC(COCc1ccccc1)NC(=O)CC1CSCCN1. The fraction of sp³-hybridized carbons (Fsp3) is 0.562. The number of carbonyl (C=O) groups is 1. The third-order valence-electron chi connectivity index (χ3n) is 3.32. The summed E-state index contributed by atoms with van der Waals surface area (Å²) in [4.78, 5) is 11.9. The molecular formula is C16H24N2O2S. The molecule has 0 bridgehead atoms. The van der Waals surface area contributed by atoms with Crippen LogP contribution in [0.4, 0.5) is 0 Å². The Kier molecular flexibility index (Phi) is 7.06. The van der Waals surface area contributed by atoms with Gasteiger partial charge in [-0.25, -0.2) is 0 Å². The zero-order valence-corrected chi connectivity index (χ0v) is 13.3. The molecule has 116 valence electrons. The molecule has 0 spiro atoms. The summed E-state index contributed by atoms with van der Waals surface area (Å²) >= 11 is 1.91. The number of nitrogens with one attached hydrogen (secondary N) is 2. The largest absolute Gasteiger partial charge is 0.375 e. The normalized spacial score (nSPS) is 20.0. The summed E-state index contributed by atoms with van der Waals surface area (Å²) in [6.45, 7) is 4.10. The van der Waals surface area contributed by atoms with E-state index in [9.17, 15) is 4.79 Å². The Balaban J connectivity index is 1.60. The number of ether oxygens (including phenoxy) is 1. The summed E-state index contributed by atoms with van der Waals surface area (Å²) in [6, 6.07) is 10.4. The molecule has 0 radical (unpaired) electrons. The van der Waals surface area contributed by atoms with Crippen molar-refractivity contribution in [1.29, 1.82) is 0 Å². The molecule has 0 saturated carbocycles. The Morgan fingerprint density at radius 1 is 1.48 bits per heavy atom. The molecule has 2 N–H and O–H groups in total. The van der Waals surface area contributed by atoms with Crippen molar-refractivity contribution in [3.8, 4) is 0 Å². The van der Waals surface area contributed by atoms with Crippen molar-refractivity contribution in [2.75, 3.05) is 24.7 Å². The topological polar surface area (TPSA) is 50.4 Å². The number of hydrogen-bond donors (Lipinski definition) is 2. The first-order valence-corrected chi connectivity index (χ1v) is 8.61. The van der Waals surface area contributed by atoms with Gasteiger partial charge >= 0.3 is 0 Å². The lowest BCUT2D eigenvalue weighted by molar-refractivity contribution is -0.122. The molecule has 2 unspecified atom stereocenters. The Hall–Kier alpha value is -1.04. The number of benzene rings is 1. The summed E-state index contributed by atoms with van der Waals surface area (Å²) in [5.74, 6) is 2.26. The van der Waals surface area contributed by atoms with Gasteiger partial charge in [-0.15, -0.1) is 0 Å². The Bertz CT molecular complexity index is 422. The van der Waals surface area contributed by atoms with Gasteiger partial charge in [0.25, 0.3) is 0 Å². The monoisotopic (exact) mass is 308 g/mol. The highest BCUT2D eigenvalue weighted by Gasteiger charge is 2.17. The summed E-state index contributed by atoms with van der Waals surface area (Å²) in [5, 5.41) is 6.38. The maximum atomic E-state index is 11.9. The fourth-order valence-electron chi connectivity index (χ4n) is 2.28. The predicted molar refractivity (Wildman–Crippen MR) is 87.4 cm³/mol. The average Bonchev–Trinajstić information content (AvgIpc) is 2.49. The van der Waals surface area contributed by atoms with Gasteiger partial charge in [0.2, 0.25) is 5.91 Å². The first-order valence-electron chi connectivity index (χ1n) is 7.46. The zero-order valence-electron chi connectivity index (χ0n) is 12.5. The minimum atomic E-state index is 0.0393. The molecule has 0 aliphatic carbocycles. The van der Waals surface area contributed by atoms with E-state index in [0.29, 0.717) is 25.7 Å². The second-order valence-electron chi connectivity index (χ2n) is 5.40. The molecule has 5 heteroatoms. The van der Waals surface area contributed by atoms with Gasteiger partial charge in [0.05, 0.1) is 13.2 Å². The lowest BCUT2D eigenvalue weighted by atomic mass is 10.2. The van der Waals surface area contributed by atoms with E-state index in [-0.39, 0.29) is 11.9 Å². The average molecular weight is 308 g/mol. The highest BCUT2D eigenvalue weighted by molar-refractivity contribution is 7.99. The molecule has 0 aromatic heterocycles. The van der Waals surface area contributed by atoms with Crippen molar-refractivity contribution < 1.29 is 9.53 Å². The van der Waals surface area contributed by atoms with Crippen LogP contribution in [0.2, 0.25) is 0 Å². The van der Waals surface area contributed by atoms with Crippen molar-refractivity contribution in [2.45, 2.75) is 32.0 Å². The molecule has 4 nitrogen and oxygen atoms in total. The number of hydrogen-bond acceptors (Lipinski definition) is 4. The molecule has 1 fully saturated rings. The van der Waals surface area contributed by atoms with Crippen molar-refractivity contribution in [2.24, 2.45) is 0 Å². The standard InChI is InChI=1S/C16H24N2O2S/c1-13(10-20-11-14-5-3-2-4-6-14)18-16(19)9-15-12-21-8-7-17-15/h2-6,13,15,17H,7-12H2,1H3,(H,18,19). The van der Waals surface area contributed by atoms with Crippen LogP contribution in [0.1, 0.15) is 18.9 Å². The molecule has 1 saturated heterocycles. The van der Waals surface area contributed by atoms with Gasteiger partial charge in [0.1, 0.15) is 0 Å². The number of carbonyl (C=O) groups excluding carboxylic acids is 1. The lowest BCUT2D eigenvalue weighted by Gasteiger charge is -2.23. The number of amides is 1. The summed E-state index contributed by atoms with van der Waals surface area (Å²) in [7, 11) is 0. The Labute approximate surface area is 131 Å². The highest BCUT2D eigenvalue weighted by atomic mass is 32.2. The molecular weight excluding hydrogens is 284 g/mol. The van der Waals surface area contributed by atoms with Gasteiger partial charge in [-0.3, -0.25) is 4.79 Å². The second kappa shape index (κ2) is 9.07. The highest BCUT2D eigenvalue weighted by Crippen LogP contribution is 2.10. The maximum absolute atomic E-state index is 11.9. The van der Waals surface area contributed by atoms with Gasteiger partial charge in [-0.1, -0.05) is 30.3 Å². The van der Waals surface area contributed by atoms with Crippen LogP contribution >= 0.6 is 11.8 Å². The maximum Gasteiger partial charge on any atom is 0.221 e. The van der Waals surface area contributed by atoms with E-state index in [4.69, 9.17) is 4.74 Å². The van der Waals surface area contributed by atoms with Crippen LogP contribution in [-0.4, -0.2) is 42.6 Å². The zero-order chi connectivity index (χ0) is 14.9. The van der Waals surface area contributed by atoms with E-state index in [1.165, 1.54) is 0 Å². The third-order valence-corrected chi connectivity index (χ3v) is 4.45. The minimum absolute atomic E-state index is 0.0393. The molecule has 1 heterocycles. The van der Waals surface area contributed by atoms with Gasteiger partial charge in [0.15, 0.2) is 0 Å². The molecule has 21 heavy (non-hydrogen) atoms. The van der Waals surface area contributed by atoms with E-state index >= 15 is 0 Å². The van der Waals surface area contributed by atoms with Gasteiger partial charge in [-0.05, 0) is 12.5 Å². The van der Waals surface area contributed by atoms with E-state index in [2.05, 4.69) is 10.6 Å². The molecule has 1 amide bonds. The molecule has 1 aliphatic rings. The number of thioether (sulfide) groups is 1. The summed E-state index contributed by atoms with van der Waals surface area (Å²) < 4.78 is 5.64. The van der Waals surface area contributed by atoms with Crippen molar-refractivity contribution in [1.82, 2.24) is 10.6 Å². The number of rotatable bonds is 7. The first kappa shape index (κ1) is 16.3. The van der Waals surface area contributed by atoms with Crippen molar-refractivity contribution in [3.63, 3.8) is 0 Å². The molecule has 1 aromatic carbocycles. The van der Waals surface area contributed by atoms with Crippen LogP contribution in [-0.2, 0) is 16.1 Å². The smallest absolute Gasteiger partial charge is 0.221 e. The second-order valence-corrected chi connectivity index (χ2v) is 6.55. The van der Waals surface area contributed by atoms with E-state index < -0.39 is 0 Å². The summed E-state index contributed by atoms with van der Waals surface area (Å²) in [5.41, 5.74) is 1.15. The van der Waals surface area contributed by atoms with Crippen LogP contribution < -0.4 is 10.6 Å². The van der Waals surface area contributed by atoms with E-state index in [1.54, 1.807) is 0 Å².